The van der Waals surface area contributed by atoms with E-state index >= 15 is 0 Å². The molecule has 1 aliphatic carbocycles. The molecule has 0 bridgehead atoms. The minimum absolute atomic E-state index is 0.00391. The van der Waals surface area contributed by atoms with Gasteiger partial charge in [0.2, 0.25) is 0 Å². The second-order valence-electron chi connectivity index (χ2n) is 8.01. The lowest BCUT2D eigenvalue weighted by molar-refractivity contribution is -0.0724. The first-order chi connectivity index (χ1) is 15.3. The quantitative estimate of drug-likeness (QED) is 0.442. The highest BCUT2D eigenvalue weighted by atomic mass is 19.3. The van der Waals surface area contributed by atoms with Crippen LogP contribution in [-0.4, -0.2) is 39.4 Å². The van der Waals surface area contributed by atoms with Gasteiger partial charge in [0.05, 0.1) is 17.8 Å². The molecule has 2 heterocycles. The molecule has 0 saturated heterocycles. The number of nitrogens with one attached hydrogen (secondary N) is 2. The zero-order valence-corrected chi connectivity index (χ0v) is 17.4. The summed E-state index contributed by atoms with van der Waals surface area (Å²) >= 11 is 0. The number of nitrogens with zero attached hydrogens (tertiary/aromatic N) is 3. The zero-order chi connectivity index (χ0) is 22.7. The van der Waals surface area contributed by atoms with Gasteiger partial charge in [0.1, 0.15) is 5.82 Å². The van der Waals surface area contributed by atoms with Gasteiger partial charge in [0.25, 0.3) is 11.8 Å². The third-order valence-electron chi connectivity index (χ3n) is 5.77. The Morgan fingerprint density at radius 3 is 2.91 bits per heavy atom. The van der Waals surface area contributed by atoms with Crippen LogP contribution in [0.4, 0.5) is 26.1 Å². The van der Waals surface area contributed by atoms with E-state index in [1.54, 1.807) is 6.20 Å². The molecule has 3 aromatic rings. The Morgan fingerprint density at radius 2 is 2.09 bits per heavy atom. The van der Waals surface area contributed by atoms with Crippen molar-refractivity contribution in [3.8, 4) is 0 Å². The van der Waals surface area contributed by atoms with Crippen LogP contribution in [0.5, 0.6) is 0 Å². The number of amides is 1. The van der Waals surface area contributed by atoms with E-state index in [4.69, 9.17) is 11.5 Å². The molecular weight excluding hydrogens is 416 g/mol. The van der Waals surface area contributed by atoms with Crippen molar-refractivity contribution >= 4 is 34.1 Å². The van der Waals surface area contributed by atoms with Gasteiger partial charge in [0.15, 0.2) is 11.5 Å². The molecule has 1 aromatic carbocycles. The number of fused-ring (bicyclic) bond motifs is 1. The molecule has 1 amide bonds. The van der Waals surface area contributed by atoms with Crippen molar-refractivity contribution in [3.63, 3.8) is 0 Å². The molecule has 8 nitrogen and oxygen atoms in total. The molecule has 0 spiro atoms. The number of hydrogen-bond donors (Lipinski definition) is 4. The smallest absolute Gasteiger partial charge is 0.271 e. The first-order valence-electron chi connectivity index (χ1n) is 10.5. The second-order valence-corrected chi connectivity index (χ2v) is 8.01. The molecule has 2 aromatic heterocycles. The van der Waals surface area contributed by atoms with E-state index in [0.717, 1.165) is 10.9 Å². The van der Waals surface area contributed by atoms with Crippen molar-refractivity contribution in [1.29, 1.82) is 0 Å². The van der Waals surface area contributed by atoms with E-state index in [2.05, 4.69) is 25.6 Å². The monoisotopic (exact) mass is 441 g/mol. The van der Waals surface area contributed by atoms with Crippen LogP contribution < -0.4 is 22.1 Å². The molecule has 10 heteroatoms. The van der Waals surface area contributed by atoms with Gasteiger partial charge in [-0.05, 0) is 49.4 Å². The predicted molar refractivity (Wildman–Crippen MR) is 119 cm³/mol. The summed E-state index contributed by atoms with van der Waals surface area (Å²) in [6.07, 6.45) is 4.57. The van der Waals surface area contributed by atoms with Crippen LogP contribution >= 0.6 is 0 Å². The van der Waals surface area contributed by atoms with E-state index in [1.165, 1.54) is 6.20 Å². The van der Waals surface area contributed by atoms with Crippen LogP contribution in [0.1, 0.15) is 36.2 Å². The molecule has 168 valence electrons. The first-order valence-corrected chi connectivity index (χ1v) is 10.5. The van der Waals surface area contributed by atoms with Crippen LogP contribution in [0.15, 0.2) is 42.7 Å². The molecule has 6 N–H and O–H groups in total. The van der Waals surface area contributed by atoms with Crippen LogP contribution in [0.3, 0.4) is 0 Å². The summed E-state index contributed by atoms with van der Waals surface area (Å²) in [7, 11) is 0. The van der Waals surface area contributed by atoms with Crippen molar-refractivity contribution in [3.05, 3.63) is 48.4 Å². The summed E-state index contributed by atoms with van der Waals surface area (Å²) in [5, 5.41) is 7.09. The Labute approximate surface area is 183 Å². The van der Waals surface area contributed by atoms with Crippen LogP contribution in [0.25, 0.3) is 10.9 Å². The summed E-state index contributed by atoms with van der Waals surface area (Å²) < 4.78 is 27.7. The van der Waals surface area contributed by atoms with Crippen LogP contribution in [0.2, 0.25) is 0 Å². The molecule has 2 unspecified atom stereocenters. The highest BCUT2D eigenvalue weighted by Crippen LogP contribution is 2.37. The number of aromatic nitrogens is 3. The maximum Gasteiger partial charge on any atom is 0.271 e. The number of rotatable bonds is 7. The minimum Gasteiger partial charge on any atom is -0.369 e. The Balaban J connectivity index is 1.47. The zero-order valence-electron chi connectivity index (χ0n) is 17.4. The molecule has 32 heavy (non-hydrogen) atoms. The van der Waals surface area contributed by atoms with E-state index in [1.807, 2.05) is 30.3 Å². The average Bonchev–Trinajstić information content (AvgIpc) is 2.76. The van der Waals surface area contributed by atoms with Gasteiger partial charge in [-0.15, -0.1) is 0 Å². The van der Waals surface area contributed by atoms with Gasteiger partial charge < -0.3 is 22.1 Å². The third-order valence-corrected chi connectivity index (χ3v) is 5.77. The van der Waals surface area contributed by atoms with E-state index < -0.39 is 17.9 Å². The van der Waals surface area contributed by atoms with Gasteiger partial charge in [-0.3, -0.25) is 9.78 Å². The second kappa shape index (κ2) is 8.99. The van der Waals surface area contributed by atoms with E-state index in [-0.39, 0.29) is 23.9 Å². The number of alkyl halides is 2. The standard InChI is InChI=1S/C22H25F2N7O/c23-22(24)8-1-3-13(19(22)25)7-10-28-17-12-29-18(20(26)32)21(31-17)30-15-5-6-16-14(11-15)4-2-9-27-16/h2,4-6,9,11-13,19H,1,3,7-8,10,25H2,(H2,26,32)(H2,28,30,31). The lowest BCUT2D eigenvalue weighted by Crippen LogP contribution is -2.49. The summed E-state index contributed by atoms with van der Waals surface area (Å²) in [6.45, 7) is 0.403. The number of hydrogen-bond acceptors (Lipinski definition) is 7. The number of halogens is 2. The normalized spacial score (nSPS) is 20.1. The van der Waals surface area contributed by atoms with Crippen LogP contribution in [0, 0.1) is 5.92 Å². The molecule has 0 aliphatic heterocycles. The predicted octanol–water partition coefficient (Wildman–Crippen LogP) is 3.43. The van der Waals surface area contributed by atoms with E-state index in [0.29, 0.717) is 37.3 Å². The summed E-state index contributed by atoms with van der Waals surface area (Å²) in [4.78, 5) is 24.6. The van der Waals surface area contributed by atoms with Crippen molar-refractivity contribution in [2.45, 2.75) is 37.6 Å². The Morgan fingerprint density at radius 1 is 1.25 bits per heavy atom. The van der Waals surface area contributed by atoms with Gasteiger partial charge in [-0.1, -0.05) is 6.07 Å². The number of carbonyl (C=O) groups excluding carboxylic acids is 1. The van der Waals surface area contributed by atoms with Crippen molar-refractivity contribution < 1.29 is 13.6 Å². The molecular formula is C22H25F2N7O. The van der Waals surface area contributed by atoms with Crippen LogP contribution in [-0.2, 0) is 0 Å². The highest BCUT2D eigenvalue weighted by molar-refractivity contribution is 5.96. The Bertz CT molecular complexity index is 1120. The minimum atomic E-state index is -2.82. The number of benzene rings is 1. The van der Waals surface area contributed by atoms with Gasteiger partial charge in [-0.25, -0.2) is 18.7 Å². The fourth-order valence-corrected chi connectivity index (χ4v) is 4.03. The van der Waals surface area contributed by atoms with Crippen molar-refractivity contribution in [2.75, 3.05) is 17.2 Å². The largest absolute Gasteiger partial charge is 0.369 e. The van der Waals surface area contributed by atoms with E-state index in [9.17, 15) is 13.6 Å². The molecule has 2 atom stereocenters. The molecule has 1 saturated carbocycles. The molecule has 4 rings (SSSR count). The number of nitrogens with two attached hydrogens (primary N) is 2. The third kappa shape index (κ3) is 4.75. The molecule has 1 aliphatic rings. The Kier molecular flexibility index (Phi) is 6.13. The van der Waals surface area contributed by atoms with Gasteiger partial charge in [-0.2, -0.15) is 0 Å². The summed E-state index contributed by atoms with van der Waals surface area (Å²) in [6, 6.07) is 8.15. The van der Waals surface area contributed by atoms with Gasteiger partial charge >= 0.3 is 0 Å². The topological polar surface area (TPSA) is 132 Å². The highest BCUT2D eigenvalue weighted by Gasteiger charge is 2.44. The number of primary amides is 1. The number of carbonyl (C=O) groups is 1. The first kappa shape index (κ1) is 21.8. The summed E-state index contributed by atoms with van der Waals surface area (Å²) in [5.74, 6) is -3.21. The fraction of sp³-hybridized carbons (Fsp3) is 0.364. The van der Waals surface area contributed by atoms with Gasteiger partial charge in [0, 0.05) is 30.2 Å². The van der Waals surface area contributed by atoms with Crippen molar-refractivity contribution in [1.82, 2.24) is 15.0 Å². The number of pyridine rings is 1. The molecule has 1 fully saturated rings. The Hall–Kier alpha value is -3.40. The SMILES string of the molecule is NC(=O)c1ncc(NCCC2CCCC(F)(F)C2N)nc1Nc1ccc2ncccc2c1. The average molecular weight is 441 g/mol. The molecule has 0 radical (unpaired) electrons. The maximum absolute atomic E-state index is 13.9. The maximum atomic E-state index is 13.9. The lowest BCUT2D eigenvalue weighted by Gasteiger charge is -2.35. The number of anilines is 3. The summed E-state index contributed by atoms with van der Waals surface area (Å²) in [5.41, 5.74) is 12.7. The lowest BCUT2D eigenvalue weighted by atomic mass is 9.80. The fourth-order valence-electron chi connectivity index (χ4n) is 4.03. The van der Waals surface area contributed by atoms with Crippen molar-refractivity contribution in [2.24, 2.45) is 17.4 Å².